The van der Waals surface area contributed by atoms with Crippen molar-refractivity contribution >= 4 is 17.4 Å². The van der Waals surface area contributed by atoms with Crippen molar-refractivity contribution in [3.63, 3.8) is 0 Å². The van der Waals surface area contributed by atoms with Gasteiger partial charge < -0.3 is 10.4 Å². The van der Waals surface area contributed by atoms with Gasteiger partial charge in [-0.2, -0.15) is 0 Å². The van der Waals surface area contributed by atoms with Gasteiger partial charge in [0.2, 0.25) is 0 Å². The lowest BCUT2D eigenvalue weighted by atomic mass is 10.0. The molecule has 15 heavy (non-hydrogen) atoms. The van der Waals surface area contributed by atoms with Crippen LogP contribution in [0.2, 0.25) is 0 Å². The Morgan fingerprint density at radius 3 is 2.87 bits per heavy atom. The van der Waals surface area contributed by atoms with E-state index in [2.05, 4.69) is 14.9 Å². The van der Waals surface area contributed by atoms with Crippen molar-refractivity contribution in [1.29, 1.82) is 0 Å². The Balaban J connectivity index is 2.55. The summed E-state index contributed by atoms with van der Waals surface area (Å²) in [4.78, 5) is 11.6. The fourth-order valence-electron chi connectivity index (χ4n) is 1.22. The summed E-state index contributed by atoms with van der Waals surface area (Å²) >= 11 is 1.15. The van der Waals surface area contributed by atoms with Crippen molar-refractivity contribution in [2.24, 2.45) is 5.92 Å². The van der Waals surface area contributed by atoms with Crippen molar-refractivity contribution in [2.75, 3.05) is 6.61 Å². The number of carbonyl (C=O) groups excluding carboxylic acids is 1. The highest BCUT2D eigenvalue weighted by Gasteiger charge is 2.17. The van der Waals surface area contributed by atoms with Gasteiger partial charge in [-0.3, -0.25) is 4.79 Å². The van der Waals surface area contributed by atoms with Crippen LogP contribution in [0.3, 0.4) is 0 Å². The monoisotopic (exact) mass is 229 g/mol. The molecule has 2 N–H and O–H groups in total. The lowest BCUT2D eigenvalue weighted by molar-refractivity contribution is 0.0911. The first-order chi connectivity index (χ1) is 7.15. The normalized spacial score (nSPS) is 12.8. The van der Waals surface area contributed by atoms with Crippen LogP contribution in [-0.4, -0.2) is 33.2 Å². The molecule has 84 valence electrons. The highest BCUT2D eigenvalue weighted by Crippen LogP contribution is 2.07. The Kier molecular flexibility index (Phi) is 4.64. The minimum absolute atomic E-state index is 0.0239. The van der Waals surface area contributed by atoms with Gasteiger partial charge in [-0.1, -0.05) is 18.3 Å². The molecule has 1 heterocycles. The molecular weight excluding hydrogens is 214 g/mol. The number of nitrogens with one attached hydrogen (secondary N) is 1. The number of amides is 1. The minimum atomic E-state index is -0.226. The SMILES string of the molecule is CC(C)C(CCO)NC(=O)c1csnn1. The van der Waals surface area contributed by atoms with Gasteiger partial charge in [0.25, 0.3) is 5.91 Å². The van der Waals surface area contributed by atoms with Gasteiger partial charge in [0.1, 0.15) is 0 Å². The number of rotatable bonds is 5. The van der Waals surface area contributed by atoms with Crippen molar-refractivity contribution in [1.82, 2.24) is 14.9 Å². The van der Waals surface area contributed by atoms with E-state index in [1.807, 2.05) is 13.8 Å². The first-order valence-electron chi connectivity index (χ1n) is 4.84. The third-order valence-corrected chi connectivity index (χ3v) is 2.66. The van der Waals surface area contributed by atoms with Crippen molar-refractivity contribution in [2.45, 2.75) is 26.3 Å². The van der Waals surface area contributed by atoms with Gasteiger partial charge >= 0.3 is 0 Å². The molecule has 6 heteroatoms. The maximum atomic E-state index is 11.6. The highest BCUT2D eigenvalue weighted by atomic mass is 32.1. The van der Waals surface area contributed by atoms with E-state index in [1.54, 1.807) is 5.38 Å². The number of hydrogen-bond donors (Lipinski definition) is 2. The lowest BCUT2D eigenvalue weighted by Crippen LogP contribution is -2.39. The maximum absolute atomic E-state index is 11.6. The predicted molar refractivity (Wildman–Crippen MR) is 57.7 cm³/mol. The maximum Gasteiger partial charge on any atom is 0.272 e. The summed E-state index contributed by atoms with van der Waals surface area (Å²) in [5.74, 6) is 0.0589. The average molecular weight is 229 g/mol. The van der Waals surface area contributed by atoms with E-state index in [0.29, 0.717) is 12.1 Å². The summed E-state index contributed by atoms with van der Waals surface area (Å²) in [5.41, 5.74) is 0.337. The van der Waals surface area contributed by atoms with E-state index in [-0.39, 0.29) is 24.5 Å². The summed E-state index contributed by atoms with van der Waals surface area (Å²) in [7, 11) is 0. The summed E-state index contributed by atoms with van der Waals surface area (Å²) in [5, 5.41) is 17.0. The Morgan fingerprint density at radius 1 is 1.67 bits per heavy atom. The van der Waals surface area contributed by atoms with Gasteiger partial charge in [-0.15, -0.1) is 5.10 Å². The number of aliphatic hydroxyl groups excluding tert-OH is 1. The molecule has 0 aliphatic heterocycles. The molecule has 1 atom stereocenters. The Morgan fingerprint density at radius 2 is 2.40 bits per heavy atom. The average Bonchev–Trinajstić information content (AvgIpc) is 2.69. The van der Waals surface area contributed by atoms with E-state index in [1.165, 1.54) is 0 Å². The van der Waals surface area contributed by atoms with Gasteiger partial charge in [0.05, 0.1) is 0 Å². The molecule has 1 rings (SSSR count). The zero-order chi connectivity index (χ0) is 11.3. The van der Waals surface area contributed by atoms with Crippen LogP contribution in [0, 0.1) is 5.92 Å². The molecule has 5 nitrogen and oxygen atoms in total. The van der Waals surface area contributed by atoms with Crippen LogP contribution in [0.1, 0.15) is 30.8 Å². The van der Waals surface area contributed by atoms with Crippen LogP contribution in [0.25, 0.3) is 0 Å². The molecule has 0 saturated carbocycles. The van der Waals surface area contributed by atoms with E-state index in [9.17, 15) is 4.79 Å². The highest BCUT2D eigenvalue weighted by molar-refractivity contribution is 7.03. The van der Waals surface area contributed by atoms with E-state index in [4.69, 9.17) is 5.11 Å². The molecule has 0 aliphatic rings. The van der Waals surface area contributed by atoms with Gasteiger partial charge in [-0.25, -0.2) is 0 Å². The van der Waals surface area contributed by atoms with Crippen molar-refractivity contribution < 1.29 is 9.90 Å². The zero-order valence-electron chi connectivity index (χ0n) is 8.80. The minimum Gasteiger partial charge on any atom is -0.396 e. The second kappa shape index (κ2) is 5.77. The molecule has 0 aromatic carbocycles. The summed E-state index contributed by atoms with van der Waals surface area (Å²) in [6.45, 7) is 4.07. The third kappa shape index (κ3) is 3.56. The zero-order valence-corrected chi connectivity index (χ0v) is 9.62. The molecule has 1 amide bonds. The molecule has 0 radical (unpaired) electrons. The summed E-state index contributed by atoms with van der Waals surface area (Å²) in [6, 6.07) is -0.0239. The first kappa shape index (κ1) is 12.1. The molecule has 1 aromatic heterocycles. The van der Waals surface area contributed by atoms with Gasteiger partial charge in [0.15, 0.2) is 5.69 Å². The van der Waals surface area contributed by atoms with Gasteiger partial charge in [0, 0.05) is 18.0 Å². The summed E-state index contributed by atoms with van der Waals surface area (Å²) < 4.78 is 3.62. The Bertz CT molecular complexity index is 300. The van der Waals surface area contributed by atoms with Crippen molar-refractivity contribution in [3.8, 4) is 0 Å². The van der Waals surface area contributed by atoms with E-state index >= 15 is 0 Å². The van der Waals surface area contributed by atoms with Crippen LogP contribution >= 0.6 is 11.5 Å². The van der Waals surface area contributed by atoms with Crippen LogP contribution in [-0.2, 0) is 0 Å². The number of hydrogen-bond acceptors (Lipinski definition) is 5. The Hall–Kier alpha value is -1.01. The molecule has 0 bridgehead atoms. The molecule has 0 spiro atoms. The number of aliphatic hydroxyl groups is 1. The second-order valence-electron chi connectivity index (χ2n) is 3.63. The number of carbonyl (C=O) groups is 1. The van der Waals surface area contributed by atoms with Crippen LogP contribution in [0.15, 0.2) is 5.38 Å². The molecule has 0 fully saturated rings. The largest absolute Gasteiger partial charge is 0.396 e. The quantitative estimate of drug-likeness (QED) is 0.778. The number of aromatic nitrogens is 2. The molecule has 0 aliphatic carbocycles. The molecule has 1 unspecified atom stereocenters. The first-order valence-corrected chi connectivity index (χ1v) is 5.67. The van der Waals surface area contributed by atoms with Crippen LogP contribution in [0.5, 0.6) is 0 Å². The van der Waals surface area contributed by atoms with Gasteiger partial charge in [-0.05, 0) is 23.9 Å². The smallest absolute Gasteiger partial charge is 0.272 e. The molecule has 0 saturated heterocycles. The predicted octanol–water partition coefficient (Wildman–Crippen LogP) is 0.675. The number of nitrogens with zero attached hydrogens (tertiary/aromatic N) is 2. The second-order valence-corrected chi connectivity index (χ2v) is 4.24. The van der Waals surface area contributed by atoms with Crippen LogP contribution in [0.4, 0.5) is 0 Å². The van der Waals surface area contributed by atoms with Crippen LogP contribution < -0.4 is 5.32 Å². The fourth-order valence-corrected chi connectivity index (χ4v) is 1.65. The topological polar surface area (TPSA) is 75.1 Å². The third-order valence-electron chi connectivity index (χ3n) is 2.15. The lowest BCUT2D eigenvalue weighted by Gasteiger charge is -2.20. The Labute approximate surface area is 92.7 Å². The van der Waals surface area contributed by atoms with Crippen molar-refractivity contribution in [3.05, 3.63) is 11.1 Å². The standard InChI is InChI=1S/C9H15N3O2S/c1-6(2)7(3-4-13)10-9(14)8-5-15-12-11-8/h5-7,13H,3-4H2,1-2H3,(H,10,14). The van der Waals surface area contributed by atoms with E-state index < -0.39 is 0 Å². The fraction of sp³-hybridized carbons (Fsp3) is 0.667. The van der Waals surface area contributed by atoms with E-state index in [0.717, 1.165) is 11.5 Å². The summed E-state index contributed by atoms with van der Waals surface area (Å²) in [6.07, 6.45) is 0.557. The molecule has 1 aromatic rings. The molecular formula is C9H15N3O2S.